The van der Waals surface area contributed by atoms with Gasteiger partial charge in [0.1, 0.15) is 0 Å². The monoisotopic (exact) mass is 306 g/mol. The molecule has 3 heterocycles. The summed E-state index contributed by atoms with van der Waals surface area (Å²) in [5, 5.41) is 0. The van der Waals surface area contributed by atoms with E-state index in [0.717, 1.165) is 19.4 Å². The van der Waals surface area contributed by atoms with Crippen molar-refractivity contribution in [1.82, 2.24) is 9.80 Å². The van der Waals surface area contributed by atoms with Crippen molar-refractivity contribution in [2.24, 2.45) is 5.92 Å². The molecule has 0 bridgehead atoms. The van der Waals surface area contributed by atoms with E-state index in [9.17, 15) is 9.59 Å². The van der Waals surface area contributed by atoms with Gasteiger partial charge in [-0.2, -0.15) is 0 Å². The molecule has 22 heavy (non-hydrogen) atoms. The number of hydrogen-bond donors (Lipinski definition) is 0. The first kappa shape index (κ1) is 15.1. The Bertz CT molecular complexity index is 500. The van der Waals surface area contributed by atoms with Crippen LogP contribution in [0.5, 0.6) is 0 Å². The fourth-order valence-corrected chi connectivity index (χ4v) is 3.06. The second kappa shape index (κ2) is 6.96. The number of carbonyl (C=O) groups is 2. The maximum Gasteiger partial charge on any atom is 0.289 e. The summed E-state index contributed by atoms with van der Waals surface area (Å²) in [4.78, 5) is 28.1. The molecule has 0 aliphatic carbocycles. The molecular weight excluding hydrogens is 284 g/mol. The maximum atomic E-state index is 12.3. The van der Waals surface area contributed by atoms with Gasteiger partial charge in [-0.15, -0.1) is 0 Å². The van der Waals surface area contributed by atoms with Gasteiger partial charge in [0.2, 0.25) is 5.91 Å². The number of nitrogens with zero attached hydrogens (tertiary/aromatic N) is 2. The van der Waals surface area contributed by atoms with Crippen molar-refractivity contribution in [2.45, 2.75) is 19.3 Å². The van der Waals surface area contributed by atoms with Gasteiger partial charge >= 0.3 is 0 Å². The predicted molar refractivity (Wildman–Crippen MR) is 79.4 cm³/mol. The largest absolute Gasteiger partial charge is 0.459 e. The van der Waals surface area contributed by atoms with E-state index in [0.29, 0.717) is 50.9 Å². The first-order chi connectivity index (χ1) is 10.7. The molecule has 6 heteroatoms. The molecule has 1 unspecified atom stereocenters. The van der Waals surface area contributed by atoms with E-state index in [4.69, 9.17) is 9.15 Å². The molecule has 6 nitrogen and oxygen atoms in total. The van der Waals surface area contributed by atoms with Crippen LogP contribution in [0.2, 0.25) is 0 Å². The second-order valence-corrected chi connectivity index (χ2v) is 5.94. The van der Waals surface area contributed by atoms with Gasteiger partial charge in [-0.1, -0.05) is 0 Å². The van der Waals surface area contributed by atoms with E-state index in [1.807, 2.05) is 4.90 Å². The van der Waals surface area contributed by atoms with E-state index >= 15 is 0 Å². The highest BCUT2D eigenvalue weighted by atomic mass is 16.5. The van der Waals surface area contributed by atoms with Gasteiger partial charge in [-0.05, 0) is 30.9 Å². The van der Waals surface area contributed by atoms with Gasteiger partial charge in [0.15, 0.2) is 5.76 Å². The first-order valence-electron chi connectivity index (χ1n) is 7.92. The molecule has 0 aromatic carbocycles. The van der Waals surface area contributed by atoms with Crippen LogP contribution in [0.15, 0.2) is 22.8 Å². The number of carbonyl (C=O) groups excluding carboxylic acids is 2. The van der Waals surface area contributed by atoms with Crippen molar-refractivity contribution in [3.05, 3.63) is 24.2 Å². The van der Waals surface area contributed by atoms with Crippen LogP contribution in [-0.2, 0) is 9.53 Å². The summed E-state index contributed by atoms with van der Waals surface area (Å²) in [6.45, 7) is 3.83. The van der Waals surface area contributed by atoms with Crippen molar-refractivity contribution < 1.29 is 18.7 Å². The van der Waals surface area contributed by atoms with E-state index in [2.05, 4.69) is 0 Å². The average molecular weight is 306 g/mol. The number of furan rings is 1. The summed E-state index contributed by atoms with van der Waals surface area (Å²) in [5.41, 5.74) is 0. The summed E-state index contributed by atoms with van der Waals surface area (Å²) >= 11 is 0. The van der Waals surface area contributed by atoms with E-state index in [-0.39, 0.29) is 11.8 Å². The quantitative estimate of drug-likeness (QED) is 0.846. The van der Waals surface area contributed by atoms with Gasteiger partial charge in [-0.3, -0.25) is 9.59 Å². The third-order valence-corrected chi connectivity index (χ3v) is 4.37. The molecule has 120 valence electrons. The minimum absolute atomic E-state index is 0.0993. The summed E-state index contributed by atoms with van der Waals surface area (Å²) in [7, 11) is 0. The zero-order chi connectivity index (χ0) is 15.4. The lowest BCUT2D eigenvalue weighted by molar-refractivity contribution is -0.134. The van der Waals surface area contributed by atoms with Crippen LogP contribution in [0, 0.1) is 5.92 Å². The van der Waals surface area contributed by atoms with Gasteiger partial charge in [0, 0.05) is 45.8 Å². The predicted octanol–water partition coefficient (Wildman–Crippen LogP) is 1.38. The molecule has 1 aromatic heterocycles. The Morgan fingerprint density at radius 1 is 1.18 bits per heavy atom. The van der Waals surface area contributed by atoms with Gasteiger partial charge in [0.05, 0.1) is 6.26 Å². The SMILES string of the molecule is O=C(CC1CCCOC1)N1CCN(C(=O)c2ccco2)CC1. The summed E-state index contributed by atoms with van der Waals surface area (Å²) in [6, 6.07) is 3.38. The Morgan fingerprint density at radius 3 is 2.59 bits per heavy atom. The summed E-state index contributed by atoms with van der Waals surface area (Å²) in [6.07, 6.45) is 4.18. The lowest BCUT2D eigenvalue weighted by atomic mass is 9.98. The Hall–Kier alpha value is -1.82. The van der Waals surface area contributed by atoms with Crippen LogP contribution >= 0.6 is 0 Å². The highest BCUT2D eigenvalue weighted by molar-refractivity contribution is 5.91. The highest BCUT2D eigenvalue weighted by Gasteiger charge is 2.27. The molecule has 1 atom stereocenters. The van der Waals surface area contributed by atoms with Crippen LogP contribution in [0.3, 0.4) is 0 Å². The Labute approximate surface area is 130 Å². The summed E-state index contributed by atoms with van der Waals surface area (Å²) < 4.78 is 10.6. The Balaban J connectivity index is 1.46. The van der Waals surface area contributed by atoms with Crippen LogP contribution in [0.4, 0.5) is 0 Å². The Morgan fingerprint density at radius 2 is 1.95 bits per heavy atom. The molecule has 2 aliphatic heterocycles. The third kappa shape index (κ3) is 3.50. The molecule has 2 saturated heterocycles. The van der Waals surface area contributed by atoms with E-state index < -0.39 is 0 Å². The third-order valence-electron chi connectivity index (χ3n) is 4.37. The van der Waals surface area contributed by atoms with Crippen molar-refractivity contribution in [1.29, 1.82) is 0 Å². The maximum absolute atomic E-state index is 12.3. The summed E-state index contributed by atoms with van der Waals surface area (Å²) in [5.74, 6) is 0.793. The number of amides is 2. The minimum atomic E-state index is -0.0993. The lowest BCUT2D eigenvalue weighted by Gasteiger charge is -2.35. The average Bonchev–Trinajstić information content (AvgIpc) is 3.10. The molecule has 0 spiro atoms. The number of rotatable bonds is 3. The lowest BCUT2D eigenvalue weighted by Crippen LogP contribution is -2.51. The molecule has 0 N–H and O–H groups in total. The zero-order valence-corrected chi connectivity index (χ0v) is 12.7. The molecule has 2 aliphatic rings. The van der Waals surface area contributed by atoms with Crippen LogP contribution in [0.25, 0.3) is 0 Å². The van der Waals surface area contributed by atoms with Gasteiger partial charge in [0.25, 0.3) is 5.91 Å². The molecule has 0 radical (unpaired) electrons. The van der Waals surface area contributed by atoms with Crippen molar-refractivity contribution in [2.75, 3.05) is 39.4 Å². The standard InChI is InChI=1S/C16H22N2O4/c19-15(11-13-3-1-9-21-12-13)17-5-7-18(8-6-17)16(20)14-4-2-10-22-14/h2,4,10,13H,1,3,5-9,11-12H2. The molecule has 0 saturated carbocycles. The van der Waals surface area contributed by atoms with Crippen LogP contribution < -0.4 is 0 Å². The fraction of sp³-hybridized carbons (Fsp3) is 0.625. The molecule has 1 aromatic rings. The van der Waals surface area contributed by atoms with E-state index in [1.165, 1.54) is 6.26 Å². The highest BCUT2D eigenvalue weighted by Crippen LogP contribution is 2.19. The van der Waals surface area contributed by atoms with Crippen molar-refractivity contribution >= 4 is 11.8 Å². The molecular formula is C16H22N2O4. The number of piperazine rings is 1. The second-order valence-electron chi connectivity index (χ2n) is 5.94. The number of ether oxygens (including phenoxy) is 1. The fourth-order valence-electron chi connectivity index (χ4n) is 3.06. The normalized spacial score (nSPS) is 22.6. The zero-order valence-electron chi connectivity index (χ0n) is 12.7. The minimum Gasteiger partial charge on any atom is -0.459 e. The van der Waals surface area contributed by atoms with Gasteiger partial charge < -0.3 is 19.0 Å². The van der Waals surface area contributed by atoms with Crippen molar-refractivity contribution in [3.63, 3.8) is 0 Å². The van der Waals surface area contributed by atoms with Gasteiger partial charge in [-0.25, -0.2) is 0 Å². The van der Waals surface area contributed by atoms with Crippen LogP contribution in [0.1, 0.15) is 29.8 Å². The van der Waals surface area contributed by atoms with E-state index in [1.54, 1.807) is 17.0 Å². The molecule has 3 rings (SSSR count). The Kier molecular flexibility index (Phi) is 4.77. The van der Waals surface area contributed by atoms with Crippen molar-refractivity contribution in [3.8, 4) is 0 Å². The smallest absolute Gasteiger partial charge is 0.289 e. The molecule has 2 amide bonds. The van der Waals surface area contributed by atoms with Crippen LogP contribution in [-0.4, -0.2) is 61.0 Å². The number of hydrogen-bond acceptors (Lipinski definition) is 4. The topological polar surface area (TPSA) is 63.0 Å². The molecule has 2 fully saturated rings. The first-order valence-corrected chi connectivity index (χ1v) is 7.92.